The van der Waals surface area contributed by atoms with E-state index in [4.69, 9.17) is 0 Å². The minimum absolute atomic E-state index is 0.322. The second kappa shape index (κ2) is 8.20. The van der Waals surface area contributed by atoms with E-state index in [1.165, 1.54) is 53.8 Å². The predicted molar refractivity (Wildman–Crippen MR) is 98.0 cm³/mol. The molecule has 0 radical (unpaired) electrons. The smallest absolute Gasteiger partial charge is 0.0000507 e. The van der Waals surface area contributed by atoms with Crippen molar-refractivity contribution in [2.45, 2.75) is 55.5 Å². The maximum absolute atomic E-state index is 2.26. The number of hydrogen-bond donors (Lipinski definition) is 0. The Morgan fingerprint density at radius 2 is 0.947 bits per heavy atom. The van der Waals surface area contributed by atoms with E-state index in [1.54, 1.807) is 19.3 Å². The van der Waals surface area contributed by atoms with E-state index in [2.05, 4.69) is 35.3 Å². The molecule has 4 heteroatoms. The second-order valence-electron chi connectivity index (χ2n) is 6.06. The fourth-order valence-corrected chi connectivity index (χ4v) is 12.9. The largest absolute Gasteiger partial charge is 0.161 e. The molecule has 3 fully saturated rings. The Balaban J connectivity index is 1.68. The van der Waals surface area contributed by atoms with Crippen LogP contribution < -0.4 is 0 Å². The molecule has 3 heterocycles. The molecule has 3 unspecified atom stereocenters. The molecule has 0 aromatic rings. The van der Waals surface area contributed by atoms with Crippen LogP contribution in [0.25, 0.3) is 0 Å². The maximum atomic E-state index is 2.26. The minimum atomic E-state index is 0.322. The van der Waals surface area contributed by atoms with Crippen molar-refractivity contribution in [3.05, 3.63) is 0 Å². The standard InChI is InChI=1S/C15H27PS3/c1-4-13(10-17-7-1)16(14-5-2-8-18-11-14)15-6-3-9-19-12-15/h13-15H,1-12H2. The van der Waals surface area contributed by atoms with Gasteiger partial charge in [-0.3, -0.25) is 0 Å². The fraction of sp³-hybridized carbons (Fsp3) is 1.00. The first kappa shape index (κ1) is 15.4. The van der Waals surface area contributed by atoms with Gasteiger partial charge in [-0.25, -0.2) is 0 Å². The number of rotatable bonds is 3. The van der Waals surface area contributed by atoms with Gasteiger partial charge in [0.15, 0.2) is 0 Å². The van der Waals surface area contributed by atoms with E-state index in [0.717, 1.165) is 17.0 Å². The van der Waals surface area contributed by atoms with Gasteiger partial charge in [0.25, 0.3) is 0 Å². The van der Waals surface area contributed by atoms with Gasteiger partial charge in [0.2, 0.25) is 0 Å². The van der Waals surface area contributed by atoms with Crippen molar-refractivity contribution >= 4 is 43.2 Å². The summed E-state index contributed by atoms with van der Waals surface area (Å²) in [6, 6.07) is 0. The van der Waals surface area contributed by atoms with Gasteiger partial charge in [0, 0.05) is 17.3 Å². The lowest BCUT2D eigenvalue weighted by Crippen LogP contribution is -2.32. The number of hydrogen-bond acceptors (Lipinski definition) is 3. The van der Waals surface area contributed by atoms with Crippen LogP contribution in [0.15, 0.2) is 0 Å². The molecule has 0 bridgehead atoms. The van der Waals surface area contributed by atoms with Crippen LogP contribution in [0, 0.1) is 0 Å². The maximum Gasteiger partial charge on any atom is 0.0000507 e. The average molecular weight is 335 g/mol. The molecule has 19 heavy (non-hydrogen) atoms. The normalized spacial score (nSPS) is 38.8. The van der Waals surface area contributed by atoms with E-state index in [0.29, 0.717) is 7.92 Å². The lowest BCUT2D eigenvalue weighted by Gasteiger charge is -2.43. The van der Waals surface area contributed by atoms with Gasteiger partial charge in [-0.1, -0.05) is 7.92 Å². The molecule has 0 aromatic carbocycles. The van der Waals surface area contributed by atoms with Crippen LogP contribution in [0.2, 0.25) is 0 Å². The van der Waals surface area contributed by atoms with E-state index in [1.807, 2.05) is 0 Å². The third-order valence-electron chi connectivity index (χ3n) is 4.67. The first-order valence-electron chi connectivity index (χ1n) is 7.96. The Morgan fingerprint density at radius 1 is 0.579 bits per heavy atom. The highest BCUT2D eigenvalue weighted by atomic mass is 32.2. The predicted octanol–water partition coefficient (Wildman–Crippen LogP) is 5.16. The minimum Gasteiger partial charge on any atom is -0.161 e. The highest BCUT2D eigenvalue weighted by Gasteiger charge is 2.37. The summed E-state index contributed by atoms with van der Waals surface area (Å²) in [6.45, 7) is 0. The molecule has 3 rings (SSSR count). The monoisotopic (exact) mass is 334 g/mol. The van der Waals surface area contributed by atoms with Gasteiger partial charge in [0.05, 0.1) is 0 Å². The summed E-state index contributed by atoms with van der Waals surface area (Å²) in [5.74, 6) is 8.85. The molecular formula is C15H27PS3. The molecule has 0 spiro atoms. The lowest BCUT2D eigenvalue weighted by atomic mass is 10.2. The SMILES string of the molecule is C1CSCC(P(C2CCCSC2)C2CCCSC2)C1. The van der Waals surface area contributed by atoms with Crippen LogP contribution >= 0.6 is 43.2 Å². The molecular weight excluding hydrogens is 307 g/mol. The fourth-order valence-electron chi connectivity index (χ4n) is 3.77. The summed E-state index contributed by atoms with van der Waals surface area (Å²) in [5.41, 5.74) is 3.38. The first-order valence-corrected chi connectivity index (χ1v) is 13.0. The van der Waals surface area contributed by atoms with Crippen molar-refractivity contribution < 1.29 is 0 Å². The van der Waals surface area contributed by atoms with Gasteiger partial charge in [-0.15, -0.1) is 0 Å². The topological polar surface area (TPSA) is 0 Å². The first-order chi connectivity index (χ1) is 9.45. The molecule has 110 valence electrons. The molecule has 0 nitrogen and oxygen atoms in total. The van der Waals surface area contributed by atoms with Crippen molar-refractivity contribution in [3.63, 3.8) is 0 Å². The van der Waals surface area contributed by atoms with Crippen molar-refractivity contribution in [1.29, 1.82) is 0 Å². The Bertz CT molecular complexity index is 213. The van der Waals surface area contributed by atoms with E-state index >= 15 is 0 Å². The highest BCUT2D eigenvalue weighted by Crippen LogP contribution is 2.59. The van der Waals surface area contributed by atoms with Crippen molar-refractivity contribution in [2.75, 3.05) is 34.5 Å². The number of thioether (sulfide) groups is 3. The summed E-state index contributed by atoms with van der Waals surface area (Å²) in [7, 11) is 0.322. The van der Waals surface area contributed by atoms with Gasteiger partial charge in [0.1, 0.15) is 0 Å². The zero-order valence-electron chi connectivity index (χ0n) is 11.9. The zero-order chi connectivity index (χ0) is 12.9. The summed E-state index contributed by atoms with van der Waals surface area (Å²) >= 11 is 6.79. The van der Waals surface area contributed by atoms with E-state index in [-0.39, 0.29) is 0 Å². The van der Waals surface area contributed by atoms with Crippen LogP contribution in [-0.4, -0.2) is 51.5 Å². The van der Waals surface area contributed by atoms with Gasteiger partial charge < -0.3 is 0 Å². The summed E-state index contributed by atoms with van der Waals surface area (Å²) in [4.78, 5) is 0. The average Bonchev–Trinajstić information content (AvgIpc) is 2.51. The Labute approximate surface area is 133 Å². The Morgan fingerprint density at radius 3 is 1.21 bits per heavy atom. The van der Waals surface area contributed by atoms with Crippen molar-refractivity contribution in [3.8, 4) is 0 Å². The molecule has 0 aromatic heterocycles. The van der Waals surface area contributed by atoms with E-state index in [9.17, 15) is 0 Å². The van der Waals surface area contributed by atoms with Crippen LogP contribution in [0.3, 0.4) is 0 Å². The summed E-state index contributed by atoms with van der Waals surface area (Å²) < 4.78 is 0. The zero-order valence-corrected chi connectivity index (χ0v) is 15.2. The molecule has 0 amide bonds. The lowest BCUT2D eigenvalue weighted by molar-refractivity contribution is 0.694. The third-order valence-corrected chi connectivity index (χ3v) is 12.9. The summed E-state index contributed by atoms with van der Waals surface area (Å²) in [5, 5.41) is 0. The Kier molecular flexibility index (Phi) is 6.64. The molecule has 3 atom stereocenters. The second-order valence-corrected chi connectivity index (χ2v) is 12.6. The quantitative estimate of drug-likeness (QED) is 0.655. The third kappa shape index (κ3) is 4.24. The summed E-state index contributed by atoms with van der Waals surface area (Å²) in [6.07, 6.45) is 9.23. The van der Waals surface area contributed by atoms with Crippen LogP contribution in [0.5, 0.6) is 0 Å². The van der Waals surface area contributed by atoms with Crippen molar-refractivity contribution in [2.24, 2.45) is 0 Å². The van der Waals surface area contributed by atoms with Crippen LogP contribution in [0.1, 0.15) is 38.5 Å². The molecule has 3 aliphatic heterocycles. The molecule has 0 saturated carbocycles. The van der Waals surface area contributed by atoms with Gasteiger partial charge in [-0.2, -0.15) is 35.3 Å². The van der Waals surface area contributed by atoms with Crippen molar-refractivity contribution in [1.82, 2.24) is 0 Å². The Hall–Kier alpha value is 1.48. The van der Waals surface area contributed by atoms with Crippen LogP contribution in [0.4, 0.5) is 0 Å². The molecule has 3 aliphatic rings. The van der Waals surface area contributed by atoms with E-state index < -0.39 is 0 Å². The van der Waals surface area contributed by atoms with Gasteiger partial charge in [-0.05, 0) is 72.8 Å². The van der Waals surface area contributed by atoms with Crippen LogP contribution in [-0.2, 0) is 0 Å². The van der Waals surface area contributed by atoms with Gasteiger partial charge >= 0.3 is 0 Å². The molecule has 3 saturated heterocycles. The molecule has 0 aliphatic carbocycles. The molecule has 0 N–H and O–H groups in total. The highest BCUT2D eigenvalue weighted by molar-refractivity contribution is 8.00.